The maximum Gasteiger partial charge on any atom is 0.253 e. The van der Waals surface area contributed by atoms with Gasteiger partial charge in [-0.15, -0.1) is 0 Å². The lowest BCUT2D eigenvalue weighted by Gasteiger charge is -2.15. The molecular weight excluding hydrogens is 387 g/mol. The highest BCUT2D eigenvalue weighted by molar-refractivity contribution is 6.05. The van der Waals surface area contributed by atoms with E-state index in [0.29, 0.717) is 17.4 Å². The molecule has 0 fully saturated rings. The lowest BCUT2D eigenvalue weighted by molar-refractivity contribution is -0.124. The monoisotopic (exact) mass is 404 g/mol. The lowest BCUT2D eigenvalue weighted by Crippen LogP contribution is -2.31. The SMILES string of the molecule is O=C(C[C@@H]1C(=O)N(Cc2ccco2)c2nc3ccccc3n21)Nc1ccc(F)cc1. The summed E-state index contributed by atoms with van der Waals surface area (Å²) < 4.78 is 20.3. The van der Waals surface area contributed by atoms with Crippen LogP contribution < -0.4 is 10.2 Å². The number of furan rings is 1. The van der Waals surface area contributed by atoms with Crippen LogP contribution in [0.4, 0.5) is 16.0 Å². The third-order valence-electron chi connectivity index (χ3n) is 5.08. The Bertz CT molecular complexity index is 1230. The summed E-state index contributed by atoms with van der Waals surface area (Å²) in [5.41, 5.74) is 1.99. The molecule has 30 heavy (non-hydrogen) atoms. The number of para-hydroxylation sites is 2. The summed E-state index contributed by atoms with van der Waals surface area (Å²) in [4.78, 5) is 32.0. The van der Waals surface area contributed by atoms with Crippen molar-refractivity contribution < 1.29 is 18.4 Å². The predicted octanol–water partition coefficient (Wildman–Crippen LogP) is 3.89. The normalized spacial score (nSPS) is 15.6. The minimum absolute atomic E-state index is 0.0712. The molecule has 0 spiro atoms. The molecule has 0 unspecified atom stereocenters. The molecular formula is C22H17FN4O3. The van der Waals surface area contributed by atoms with Gasteiger partial charge in [0.05, 0.1) is 30.3 Å². The smallest absolute Gasteiger partial charge is 0.253 e. The van der Waals surface area contributed by atoms with Gasteiger partial charge in [0.2, 0.25) is 11.9 Å². The topological polar surface area (TPSA) is 80.4 Å². The van der Waals surface area contributed by atoms with Gasteiger partial charge in [-0.05, 0) is 48.5 Å². The van der Waals surface area contributed by atoms with Gasteiger partial charge in [0, 0.05) is 5.69 Å². The Morgan fingerprint density at radius 2 is 1.90 bits per heavy atom. The number of hydrogen-bond donors (Lipinski definition) is 1. The molecule has 4 aromatic rings. The zero-order valence-electron chi connectivity index (χ0n) is 15.8. The van der Waals surface area contributed by atoms with Crippen molar-refractivity contribution in [2.24, 2.45) is 0 Å². The highest BCUT2D eigenvalue weighted by Gasteiger charge is 2.41. The van der Waals surface area contributed by atoms with E-state index in [1.165, 1.54) is 29.2 Å². The van der Waals surface area contributed by atoms with E-state index in [1.54, 1.807) is 23.0 Å². The van der Waals surface area contributed by atoms with Crippen LogP contribution in [0.15, 0.2) is 71.3 Å². The summed E-state index contributed by atoms with van der Waals surface area (Å²) in [5, 5.41) is 2.72. The quantitative estimate of drug-likeness (QED) is 0.547. The Kier molecular flexibility index (Phi) is 4.31. The fourth-order valence-corrected chi connectivity index (χ4v) is 3.72. The summed E-state index contributed by atoms with van der Waals surface area (Å²) in [6.45, 7) is 0.227. The first-order chi connectivity index (χ1) is 14.6. The van der Waals surface area contributed by atoms with Gasteiger partial charge >= 0.3 is 0 Å². The first-order valence-electron chi connectivity index (χ1n) is 9.46. The van der Waals surface area contributed by atoms with Crippen molar-refractivity contribution in [3.8, 4) is 0 Å². The Morgan fingerprint density at radius 3 is 2.67 bits per heavy atom. The Hall–Kier alpha value is -3.94. The maximum absolute atomic E-state index is 13.2. The van der Waals surface area contributed by atoms with Crippen molar-refractivity contribution in [3.63, 3.8) is 0 Å². The van der Waals surface area contributed by atoms with Crippen LogP contribution in [0.2, 0.25) is 0 Å². The van der Waals surface area contributed by atoms with Gasteiger partial charge in [-0.1, -0.05) is 12.1 Å². The van der Waals surface area contributed by atoms with Gasteiger partial charge in [-0.2, -0.15) is 0 Å². The molecule has 0 aliphatic carbocycles. The molecule has 2 amide bonds. The van der Waals surface area contributed by atoms with Gasteiger partial charge in [0.15, 0.2) is 0 Å². The van der Waals surface area contributed by atoms with Crippen molar-refractivity contribution in [1.29, 1.82) is 0 Å². The molecule has 5 rings (SSSR count). The number of fused-ring (bicyclic) bond motifs is 3. The number of nitrogens with one attached hydrogen (secondary N) is 1. The molecule has 1 atom stereocenters. The molecule has 0 saturated carbocycles. The molecule has 8 heteroatoms. The zero-order chi connectivity index (χ0) is 20.7. The number of nitrogens with zero attached hydrogens (tertiary/aromatic N) is 3. The summed E-state index contributed by atoms with van der Waals surface area (Å²) in [5.74, 6) is 0.148. The number of aromatic nitrogens is 2. The van der Waals surface area contributed by atoms with Crippen molar-refractivity contribution in [3.05, 3.63) is 78.5 Å². The lowest BCUT2D eigenvalue weighted by atomic mass is 10.1. The van der Waals surface area contributed by atoms with Crippen LogP contribution in [0.25, 0.3) is 11.0 Å². The van der Waals surface area contributed by atoms with E-state index < -0.39 is 6.04 Å². The zero-order valence-corrected chi connectivity index (χ0v) is 15.8. The minimum atomic E-state index is -0.734. The molecule has 2 aromatic carbocycles. The highest BCUT2D eigenvalue weighted by atomic mass is 19.1. The average molecular weight is 404 g/mol. The van der Waals surface area contributed by atoms with Crippen LogP contribution in [0, 0.1) is 5.82 Å². The summed E-state index contributed by atoms with van der Waals surface area (Å²) in [6.07, 6.45) is 1.48. The second-order valence-corrected chi connectivity index (χ2v) is 7.05. The van der Waals surface area contributed by atoms with E-state index in [4.69, 9.17) is 4.42 Å². The van der Waals surface area contributed by atoms with E-state index in [2.05, 4.69) is 10.3 Å². The molecule has 1 aliphatic heterocycles. The second-order valence-electron chi connectivity index (χ2n) is 7.05. The number of hydrogen-bond acceptors (Lipinski definition) is 4. The first kappa shape index (κ1) is 18.1. The Morgan fingerprint density at radius 1 is 1.10 bits per heavy atom. The molecule has 0 bridgehead atoms. The van der Waals surface area contributed by atoms with Crippen LogP contribution in [-0.2, 0) is 16.1 Å². The Balaban J connectivity index is 1.46. The van der Waals surface area contributed by atoms with E-state index >= 15 is 0 Å². The van der Waals surface area contributed by atoms with E-state index in [9.17, 15) is 14.0 Å². The van der Waals surface area contributed by atoms with Crippen molar-refractivity contribution in [1.82, 2.24) is 9.55 Å². The fraction of sp³-hybridized carbons (Fsp3) is 0.136. The fourth-order valence-electron chi connectivity index (χ4n) is 3.72. The van der Waals surface area contributed by atoms with Crippen LogP contribution in [0.1, 0.15) is 18.2 Å². The molecule has 1 N–H and O–H groups in total. The second kappa shape index (κ2) is 7.14. The average Bonchev–Trinajstić information content (AvgIpc) is 3.44. The molecule has 0 saturated heterocycles. The molecule has 0 radical (unpaired) electrons. The number of benzene rings is 2. The molecule has 1 aliphatic rings. The van der Waals surface area contributed by atoms with Crippen LogP contribution >= 0.6 is 0 Å². The number of carbonyl (C=O) groups excluding carboxylic acids is 2. The predicted molar refractivity (Wildman–Crippen MR) is 108 cm³/mol. The number of imidazole rings is 1. The van der Waals surface area contributed by atoms with Crippen LogP contribution in [0.3, 0.4) is 0 Å². The molecule has 2 aromatic heterocycles. The van der Waals surface area contributed by atoms with Crippen molar-refractivity contribution in [2.75, 3.05) is 10.2 Å². The molecule has 150 valence electrons. The number of halogens is 1. The summed E-state index contributed by atoms with van der Waals surface area (Å²) in [7, 11) is 0. The van der Waals surface area contributed by atoms with E-state index in [-0.39, 0.29) is 30.6 Å². The minimum Gasteiger partial charge on any atom is -0.467 e. The van der Waals surface area contributed by atoms with Gasteiger partial charge in [-0.3, -0.25) is 19.1 Å². The molecule has 3 heterocycles. The van der Waals surface area contributed by atoms with Gasteiger partial charge in [0.1, 0.15) is 17.6 Å². The first-order valence-corrected chi connectivity index (χ1v) is 9.46. The Labute approximate surface area is 170 Å². The van der Waals surface area contributed by atoms with Gasteiger partial charge in [-0.25, -0.2) is 9.37 Å². The summed E-state index contributed by atoms with van der Waals surface area (Å²) in [6, 6.07) is 15.8. The number of rotatable bonds is 5. The van der Waals surface area contributed by atoms with Crippen molar-refractivity contribution in [2.45, 2.75) is 19.0 Å². The van der Waals surface area contributed by atoms with Crippen LogP contribution in [-0.4, -0.2) is 21.4 Å². The third-order valence-corrected chi connectivity index (χ3v) is 5.08. The largest absolute Gasteiger partial charge is 0.467 e. The highest BCUT2D eigenvalue weighted by Crippen LogP contribution is 2.37. The van der Waals surface area contributed by atoms with Crippen molar-refractivity contribution >= 4 is 34.5 Å². The van der Waals surface area contributed by atoms with E-state index in [1.807, 2.05) is 24.3 Å². The number of carbonyl (C=O) groups is 2. The third kappa shape index (κ3) is 3.12. The molecule has 7 nitrogen and oxygen atoms in total. The summed E-state index contributed by atoms with van der Waals surface area (Å²) >= 11 is 0. The number of anilines is 2. The van der Waals surface area contributed by atoms with Crippen LogP contribution in [0.5, 0.6) is 0 Å². The van der Waals surface area contributed by atoms with E-state index in [0.717, 1.165) is 11.0 Å². The standard InChI is InChI=1S/C22H17FN4O3/c23-14-7-9-15(10-8-14)24-20(28)12-19-21(29)26(13-16-4-3-11-30-16)22-25-17-5-1-2-6-18(17)27(19)22/h1-11,19H,12-13H2,(H,24,28)/t19-/m1/s1. The maximum atomic E-state index is 13.2. The van der Waals surface area contributed by atoms with Gasteiger partial charge in [0.25, 0.3) is 5.91 Å². The number of amides is 2. The van der Waals surface area contributed by atoms with Gasteiger partial charge < -0.3 is 9.73 Å².